The molecule has 1 aromatic carbocycles. The van der Waals surface area contributed by atoms with Crippen molar-refractivity contribution >= 4 is 51.5 Å². The van der Waals surface area contributed by atoms with Gasteiger partial charge in [0.05, 0.1) is 17.8 Å². The van der Waals surface area contributed by atoms with E-state index >= 15 is 0 Å². The normalized spacial score (nSPS) is 18.4. The number of rotatable bonds is 11. The molecule has 1 saturated heterocycles. The molecule has 0 saturated carbocycles. The zero-order valence-corrected chi connectivity index (χ0v) is 24.3. The summed E-state index contributed by atoms with van der Waals surface area (Å²) in [5.74, 6) is 0.101. The zero-order valence-electron chi connectivity index (χ0n) is 22.0. The number of piperazine rings is 1. The minimum atomic E-state index is -0.776. The highest BCUT2D eigenvalue weighted by Crippen LogP contribution is 2.27. The number of amides is 2. The topological polar surface area (TPSA) is 133 Å². The molecular weight excluding hydrogens is 559 g/mol. The lowest BCUT2D eigenvalue weighted by Gasteiger charge is -2.47. The number of nitrogens with zero attached hydrogens (tertiary/aromatic N) is 5. The Hall–Kier alpha value is -2.73. The Morgan fingerprint density at radius 2 is 2.03 bits per heavy atom. The highest BCUT2D eigenvalue weighted by molar-refractivity contribution is 7.13. The minimum absolute atomic E-state index is 0.0873. The summed E-state index contributed by atoms with van der Waals surface area (Å²) in [6.07, 6.45) is 5.67. The molecule has 210 valence electrons. The van der Waals surface area contributed by atoms with Gasteiger partial charge >= 0.3 is 0 Å². The SMILES string of the molecule is CC(C)C[C@@H]1CN(C(=O)[C@H](N)Cc2ccc(Cl)cc2Cl)[C@@H](CCCNc2nncs2)CN1C(=O)c1cn[nH]c1. The fourth-order valence-electron chi connectivity index (χ4n) is 5.00. The van der Waals surface area contributed by atoms with Crippen molar-refractivity contribution in [1.82, 2.24) is 30.2 Å². The lowest BCUT2D eigenvalue weighted by Crippen LogP contribution is -2.63. The number of benzene rings is 1. The monoisotopic (exact) mass is 592 g/mol. The van der Waals surface area contributed by atoms with E-state index in [1.165, 1.54) is 11.3 Å². The molecule has 2 amide bonds. The average molecular weight is 594 g/mol. The van der Waals surface area contributed by atoms with Gasteiger partial charge in [0.15, 0.2) is 0 Å². The van der Waals surface area contributed by atoms with Crippen molar-refractivity contribution in [2.24, 2.45) is 11.7 Å². The highest BCUT2D eigenvalue weighted by atomic mass is 35.5. The lowest BCUT2D eigenvalue weighted by atomic mass is 9.94. The van der Waals surface area contributed by atoms with E-state index < -0.39 is 6.04 Å². The van der Waals surface area contributed by atoms with Gasteiger partial charge < -0.3 is 20.9 Å². The van der Waals surface area contributed by atoms with Crippen molar-refractivity contribution in [2.75, 3.05) is 25.0 Å². The standard InChI is InChI=1S/C26H34Cl2N8O2S/c1-16(2)8-21-14-35(25(38)23(29)9-17-5-6-19(27)10-22(17)28)20(4-3-7-30-26-34-33-15-39-26)13-36(21)24(37)18-11-31-32-12-18/h5-6,10-12,15-16,20-21,23H,3-4,7-9,13-14,29H2,1-2H3,(H,30,34)(H,31,32)/t20-,21+,23+/m0/s1. The summed E-state index contributed by atoms with van der Waals surface area (Å²) in [7, 11) is 0. The predicted octanol–water partition coefficient (Wildman–Crippen LogP) is 4.10. The van der Waals surface area contributed by atoms with Crippen molar-refractivity contribution in [1.29, 1.82) is 0 Å². The predicted molar refractivity (Wildman–Crippen MR) is 154 cm³/mol. The molecule has 13 heteroatoms. The number of carbonyl (C=O) groups is 2. The first-order valence-corrected chi connectivity index (χ1v) is 14.7. The van der Waals surface area contributed by atoms with E-state index in [9.17, 15) is 9.59 Å². The van der Waals surface area contributed by atoms with Gasteiger partial charge in [-0.25, -0.2) is 0 Å². The second-order valence-corrected chi connectivity index (χ2v) is 11.9. The van der Waals surface area contributed by atoms with Crippen LogP contribution in [-0.4, -0.2) is 79.8 Å². The van der Waals surface area contributed by atoms with Crippen molar-refractivity contribution in [3.63, 3.8) is 0 Å². The maximum Gasteiger partial charge on any atom is 0.257 e. The molecule has 10 nitrogen and oxygen atoms in total. The molecule has 4 N–H and O–H groups in total. The third-order valence-corrected chi connectivity index (χ3v) is 8.09. The summed E-state index contributed by atoms with van der Waals surface area (Å²) in [6.45, 7) is 5.74. The number of hydrogen-bond donors (Lipinski definition) is 3. The smallest absolute Gasteiger partial charge is 0.257 e. The molecule has 4 rings (SSSR count). The fraction of sp³-hybridized carbons (Fsp3) is 0.500. The molecule has 39 heavy (non-hydrogen) atoms. The molecule has 2 aromatic heterocycles. The van der Waals surface area contributed by atoms with E-state index in [0.717, 1.165) is 23.5 Å². The number of nitrogens with one attached hydrogen (secondary N) is 2. The fourth-order valence-corrected chi connectivity index (χ4v) is 5.96. The van der Waals surface area contributed by atoms with Crippen LogP contribution >= 0.6 is 34.5 Å². The van der Waals surface area contributed by atoms with Crippen molar-refractivity contribution < 1.29 is 9.59 Å². The van der Waals surface area contributed by atoms with E-state index in [0.29, 0.717) is 54.0 Å². The first-order valence-electron chi connectivity index (χ1n) is 13.0. The van der Waals surface area contributed by atoms with Crippen LogP contribution < -0.4 is 11.1 Å². The summed E-state index contributed by atoms with van der Waals surface area (Å²) >= 11 is 13.8. The zero-order chi connectivity index (χ0) is 27.9. The van der Waals surface area contributed by atoms with Gasteiger partial charge in [-0.15, -0.1) is 10.2 Å². The average Bonchev–Trinajstić information content (AvgIpc) is 3.62. The molecule has 0 aliphatic carbocycles. The number of H-pyrrole nitrogens is 1. The summed E-state index contributed by atoms with van der Waals surface area (Å²) in [4.78, 5) is 31.1. The highest BCUT2D eigenvalue weighted by Gasteiger charge is 2.40. The Kier molecular flexibility index (Phi) is 10.2. The van der Waals surface area contributed by atoms with Crippen LogP contribution in [0.25, 0.3) is 0 Å². The van der Waals surface area contributed by atoms with Gasteiger partial charge in [0, 0.05) is 48.0 Å². The molecule has 0 radical (unpaired) electrons. The van der Waals surface area contributed by atoms with Crippen molar-refractivity contribution in [2.45, 2.75) is 57.7 Å². The molecule has 1 aliphatic heterocycles. The maximum atomic E-state index is 13.8. The molecule has 0 bridgehead atoms. The van der Waals surface area contributed by atoms with Gasteiger partial charge in [0.1, 0.15) is 5.51 Å². The van der Waals surface area contributed by atoms with Gasteiger partial charge in [-0.05, 0) is 49.3 Å². The van der Waals surface area contributed by atoms with Crippen LogP contribution in [0.15, 0.2) is 36.1 Å². The van der Waals surface area contributed by atoms with Crippen LogP contribution in [0.1, 0.15) is 49.0 Å². The van der Waals surface area contributed by atoms with Crippen LogP contribution in [-0.2, 0) is 11.2 Å². The molecule has 0 spiro atoms. The lowest BCUT2D eigenvalue weighted by molar-refractivity contribution is -0.139. The maximum absolute atomic E-state index is 13.8. The van der Waals surface area contributed by atoms with Gasteiger partial charge in [-0.2, -0.15) is 5.10 Å². The van der Waals surface area contributed by atoms with E-state index in [-0.39, 0.29) is 23.9 Å². The van der Waals surface area contributed by atoms with E-state index in [1.807, 2.05) is 9.80 Å². The van der Waals surface area contributed by atoms with Crippen LogP contribution in [0.4, 0.5) is 5.13 Å². The number of aromatic nitrogens is 4. The Labute approximate surface area is 242 Å². The Balaban J connectivity index is 1.53. The third kappa shape index (κ3) is 7.69. The summed E-state index contributed by atoms with van der Waals surface area (Å²) in [5, 5.41) is 19.6. The van der Waals surface area contributed by atoms with Crippen molar-refractivity contribution in [3.05, 3.63) is 57.3 Å². The van der Waals surface area contributed by atoms with Gasteiger partial charge in [-0.3, -0.25) is 14.7 Å². The second-order valence-electron chi connectivity index (χ2n) is 10.2. The van der Waals surface area contributed by atoms with E-state index in [1.54, 1.807) is 36.1 Å². The summed E-state index contributed by atoms with van der Waals surface area (Å²) < 4.78 is 0. The first kappa shape index (κ1) is 29.3. The van der Waals surface area contributed by atoms with Gasteiger partial charge in [0.25, 0.3) is 5.91 Å². The van der Waals surface area contributed by atoms with Crippen LogP contribution in [0.2, 0.25) is 10.0 Å². The number of anilines is 1. The Morgan fingerprint density at radius 3 is 2.69 bits per heavy atom. The van der Waals surface area contributed by atoms with Crippen LogP contribution in [0, 0.1) is 5.92 Å². The number of hydrogen-bond acceptors (Lipinski definition) is 8. The number of carbonyl (C=O) groups excluding carboxylic acids is 2. The number of halogens is 2. The summed E-state index contributed by atoms with van der Waals surface area (Å²) in [5.41, 5.74) is 9.44. The molecule has 1 aliphatic rings. The van der Waals surface area contributed by atoms with Crippen LogP contribution in [0.3, 0.4) is 0 Å². The van der Waals surface area contributed by atoms with Gasteiger partial charge in [0.2, 0.25) is 11.0 Å². The molecule has 1 fully saturated rings. The Bertz CT molecular complexity index is 1220. The quantitative estimate of drug-likeness (QED) is 0.285. The summed E-state index contributed by atoms with van der Waals surface area (Å²) in [6, 6.07) is 4.09. The second kappa shape index (κ2) is 13.6. The molecular formula is C26H34Cl2N8O2S. The largest absolute Gasteiger partial charge is 0.360 e. The van der Waals surface area contributed by atoms with E-state index in [2.05, 4.69) is 39.6 Å². The minimum Gasteiger partial charge on any atom is -0.360 e. The van der Waals surface area contributed by atoms with Gasteiger partial charge in [-0.1, -0.05) is 54.5 Å². The Morgan fingerprint density at radius 1 is 1.23 bits per heavy atom. The molecule has 3 aromatic rings. The molecule has 0 unspecified atom stereocenters. The van der Waals surface area contributed by atoms with Crippen molar-refractivity contribution in [3.8, 4) is 0 Å². The third-order valence-electron chi connectivity index (χ3n) is 6.85. The number of nitrogens with two attached hydrogens (primary N) is 1. The molecule has 3 atom stereocenters. The number of aromatic amines is 1. The van der Waals surface area contributed by atoms with E-state index in [4.69, 9.17) is 28.9 Å². The molecule has 3 heterocycles. The first-order chi connectivity index (χ1) is 18.7. The van der Waals surface area contributed by atoms with Crippen LogP contribution in [0.5, 0.6) is 0 Å².